The molecule has 1 N–H and O–H groups in total. The van der Waals surface area contributed by atoms with Crippen molar-refractivity contribution in [2.45, 2.75) is 6.54 Å². The lowest BCUT2D eigenvalue weighted by Gasteiger charge is -2.20. The minimum absolute atomic E-state index is 0.0403. The zero-order chi connectivity index (χ0) is 17.7. The monoisotopic (exact) mass is 478 g/mol. The van der Waals surface area contributed by atoms with Gasteiger partial charge < -0.3 is 5.32 Å². The molecule has 8 heteroatoms. The van der Waals surface area contributed by atoms with E-state index >= 15 is 0 Å². The van der Waals surface area contributed by atoms with Gasteiger partial charge in [0.25, 0.3) is 0 Å². The lowest BCUT2D eigenvalue weighted by atomic mass is 10.2. The number of nitrogens with one attached hydrogen (secondary N) is 1. The number of sulfonamides is 1. The summed E-state index contributed by atoms with van der Waals surface area (Å²) >= 11 is 8.24. The number of hydrogen-bond donors (Lipinski definition) is 1. The molecule has 24 heavy (non-hydrogen) atoms. The molecule has 0 saturated carbocycles. The number of amides is 1. The van der Waals surface area contributed by atoms with Gasteiger partial charge in [-0.25, -0.2) is 8.42 Å². The smallest absolute Gasteiger partial charge is 0.239 e. The highest BCUT2D eigenvalue weighted by atomic mass is 127. The molecule has 128 valence electrons. The molecule has 5 nitrogen and oxygen atoms in total. The Morgan fingerprint density at radius 2 is 1.79 bits per heavy atom. The van der Waals surface area contributed by atoms with Crippen LogP contribution in [0.15, 0.2) is 48.5 Å². The quantitative estimate of drug-likeness (QED) is 0.648. The minimum Gasteiger partial charge on any atom is -0.325 e. The summed E-state index contributed by atoms with van der Waals surface area (Å²) in [6.45, 7) is -0.241. The lowest BCUT2D eigenvalue weighted by Crippen LogP contribution is -2.37. The number of nitrogens with zero attached hydrogens (tertiary/aromatic N) is 1. The molecular formula is C16H16ClIN2O3S. The van der Waals surface area contributed by atoms with E-state index in [0.29, 0.717) is 16.3 Å². The molecule has 0 unspecified atom stereocenters. The van der Waals surface area contributed by atoms with Crippen molar-refractivity contribution in [3.8, 4) is 0 Å². The van der Waals surface area contributed by atoms with Crippen LogP contribution < -0.4 is 5.32 Å². The van der Waals surface area contributed by atoms with Crippen LogP contribution in [0.1, 0.15) is 5.56 Å². The van der Waals surface area contributed by atoms with E-state index in [0.717, 1.165) is 14.1 Å². The SMILES string of the molecule is CS(=O)(=O)N(CC(=O)Nc1ccc(I)cc1)Cc1ccccc1Cl. The Bertz CT molecular complexity index is 825. The van der Waals surface area contributed by atoms with Gasteiger partial charge in [-0.1, -0.05) is 29.8 Å². The summed E-state index contributed by atoms with van der Waals surface area (Å²) in [5, 5.41) is 3.15. The van der Waals surface area contributed by atoms with Gasteiger partial charge in [-0.15, -0.1) is 0 Å². The first-order chi connectivity index (χ1) is 11.3. The zero-order valence-electron chi connectivity index (χ0n) is 12.9. The van der Waals surface area contributed by atoms with E-state index < -0.39 is 15.9 Å². The van der Waals surface area contributed by atoms with Crippen molar-refractivity contribution in [1.29, 1.82) is 0 Å². The summed E-state index contributed by atoms with van der Waals surface area (Å²) in [4.78, 5) is 12.2. The molecule has 2 aromatic rings. The number of rotatable bonds is 6. The van der Waals surface area contributed by atoms with Crippen LogP contribution in [0.3, 0.4) is 0 Å². The first-order valence-electron chi connectivity index (χ1n) is 6.99. The summed E-state index contributed by atoms with van der Waals surface area (Å²) in [6, 6.07) is 14.2. The summed E-state index contributed by atoms with van der Waals surface area (Å²) in [6.07, 6.45) is 1.07. The molecular weight excluding hydrogens is 463 g/mol. The van der Waals surface area contributed by atoms with E-state index in [4.69, 9.17) is 11.6 Å². The van der Waals surface area contributed by atoms with Crippen molar-refractivity contribution in [2.75, 3.05) is 18.1 Å². The molecule has 0 spiro atoms. The number of hydrogen-bond acceptors (Lipinski definition) is 3. The van der Waals surface area contributed by atoms with Crippen LogP contribution in [0.25, 0.3) is 0 Å². The highest BCUT2D eigenvalue weighted by molar-refractivity contribution is 14.1. The average molecular weight is 479 g/mol. The molecule has 0 aliphatic heterocycles. The lowest BCUT2D eigenvalue weighted by molar-refractivity contribution is -0.116. The molecule has 0 saturated heterocycles. The van der Waals surface area contributed by atoms with Crippen LogP contribution in [0.2, 0.25) is 5.02 Å². The highest BCUT2D eigenvalue weighted by Gasteiger charge is 2.21. The normalized spacial score (nSPS) is 11.5. The van der Waals surface area contributed by atoms with Crippen molar-refractivity contribution in [3.63, 3.8) is 0 Å². The van der Waals surface area contributed by atoms with E-state index in [1.165, 1.54) is 0 Å². The molecule has 0 aliphatic rings. The predicted octanol–water partition coefficient (Wildman–Crippen LogP) is 3.34. The highest BCUT2D eigenvalue weighted by Crippen LogP contribution is 2.18. The third-order valence-electron chi connectivity index (χ3n) is 3.22. The Morgan fingerprint density at radius 3 is 2.38 bits per heavy atom. The van der Waals surface area contributed by atoms with Gasteiger partial charge in [0.15, 0.2) is 0 Å². The van der Waals surface area contributed by atoms with Gasteiger partial charge in [-0.3, -0.25) is 4.79 Å². The van der Waals surface area contributed by atoms with Crippen LogP contribution in [0, 0.1) is 3.57 Å². The molecule has 0 fully saturated rings. The summed E-state index contributed by atoms with van der Waals surface area (Å²) < 4.78 is 26.1. The van der Waals surface area contributed by atoms with E-state index in [2.05, 4.69) is 27.9 Å². The van der Waals surface area contributed by atoms with Crippen molar-refractivity contribution < 1.29 is 13.2 Å². The first-order valence-corrected chi connectivity index (χ1v) is 10.3. The van der Waals surface area contributed by atoms with Crippen molar-refractivity contribution in [3.05, 3.63) is 62.7 Å². The maximum absolute atomic E-state index is 12.2. The second-order valence-electron chi connectivity index (χ2n) is 5.18. The van der Waals surface area contributed by atoms with E-state index in [1.807, 2.05) is 12.1 Å². The molecule has 2 aromatic carbocycles. The Kier molecular flexibility index (Phi) is 6.62. The largest absolute Gasteiger partial charge is 0.325 e. The third kappa shape index (κ3) is 5.73. The average Bonchev–Trinajstić information content (AvgIpc) is 2.50. The Balaban J connectivity index is 2.10. The Hall–Kier alpha value is -1.16. The van der Waals surface area contributed by atoms with Crippen LogP contribution in [0.4, 0.5) is 5.69 Å². The Labute approximate surface area is 160 Å². The van der Waals surface area contributed by atoms with Gasteiger partial charge in [-0.05, 0) is 58.5 Å². The molecule has 0 bridgehead atoms. The number of carbonyl (C=O) groups is 1. The van der Waals surface area contributed by atoms with Crippen LogP contribution in [0.5, 0.6) is 0 Å². The van der Waals surface area contributed by atoms with Gasteiger partial charge >= 0.3 is 0 Å². The van der Waals surface area contributed by atoms with Crippen molar-refractivity contribution in [2.24, 2.45) is 0 Å². The standard InChI is InChI=1S/C16H16ClIN2O3S/c1-24(22,23)20(10-12-4-2-3-5-15(12)17)11-16(21)19-14-8-6-13(18)7-9-14/h2-9H,10-11H2,1H3,(H,19,21). The number of benzene rings is 2. The second-order valence-corrected chi connectivity index (χ2v) is 8.81. The van der Waals surface area contributed by atoms with Gasteiger partial charge in [-0.2, -0.15) is 4.31 Å². The van der Waals surface area contributed by atoms with Gasteiger partial charge in [0, 0.05) is 20.8 Å². The minimum atomic E-state index is -3.56. The fraction of sp³-hybridized carbons (Fsp3) is 0.188. The maximum atomic E-state index is 12.2. The first kappa shape index (κ1) is 19.2. The molecule has 0 heterocycles. The summed E-state index contributed by atoms with van der Waals surface area (Å²) in [5.74, 6) is -0.409. The van der Waals surface area contributed by atoms with Crippen LogP contribution in [-0.2, 0) is 21.4 Å². The number of carbonyl (C=O) groups excluding carboxylic acids is 1. The molecule has 0 aromatic heterocycles. The summed E-state index contributed by atoms with van der Waals surface area (Å²) in [7, 11) is -3.56. The third-order valence-corrected chi connectivity index (χ3v) is 5.51. The molecule has 0 aliphatic carbocycles. The fourth-order valence-corrected chi connectivity index (χ4v) is 3.28. The van der Waals surface area contributed by atoms with Gasteiger partial charge in [0.1, 0.15) is 0 Å². The van der Waals surface area contributed by atoms with E-state index in [1.54, 1.807) is 36.4 Å². The molecule has 1 amide bonds. The number of halogens is 2. The molecule has 0 radical (unpaired) electrons. The number of anilines is 1. The van der Waals surface area contributed by atoms with Crippen LogP contribution >= 0.6 is 34.2 Å². The van der Waals surface area contributed by atoms with Gasteiger partial charge in [0.05, 0.1) is 12.8 Å². The second kappa shape index (κ2) is 8.28. The van der Waals surface area contributed by atoms with E-state index in [9.17, 15) is 13.2 Å². The van der Waals surface area contributed by atoms with E-state index in [-0.39, 0.29) is 13.1 Å². The predicted molar refractivity (Wildman–Crippen MR) is 104 cm³/mol. The maximum Gasteiger partial charge on any atom is 0.239 e. The molecule has 2 rings (SSSR count). The zero-order valence-corrected chi connectivity index (χ0v) is 16.6. The van der Waals surface area contributed by atoms with Crippen molar-refractivity contribution >= 4 is 55.8 Å². The topological polar surface area (TPSA) is 66.5 Å². The van der Waals surface area contributed by atoms with Gasteiger partial charge in [0.2, 0.25) is 15.9 Å². The van der Waals surface area contributed by atoms with Crippen LogP contribution in [-0.4, -0.2) is 31.4 Å². The Morgan fingerprint density at radius 1 is 1.17 bits per heavy atom. The molecule has 0 atom stereocenters. The van der Waals surface area contributed by atoms with Crippen molar-refractivity contribution in [1.82, 2.24) is 4.31 Å². The summed E-state index contributed by atoms with van der Waals surface area (Å²) in [5.41, 5.74) is 1.26. The fourth-order valence-electron chi connectivity index (χ4n) is 2.00.